The van der Waals surface area contributed by atoms with Gasteiger partial charge in [-0.15, -0.1) is 11.3 Å². The highest BCUT2D eigenvalue weighted by atomic mass is 32.1. The molecule has 0 saturated carbocycles. The van der Waals surface area contributed by atoms with Gasteiger partial charge in [0.05, 0.1) is 25.5 Å². The number of carbonyl (C=O) groups is 2. The Balaban J connectivity index is 1.52. The summed E-state index contributed by atoms with van der Waals surface area (Å²) in [4.78, 5) is 29.2. The fraction of sp³-hybridized carbons (Fsp3) is 0.190. The topological polar surface area (TPSA) is 86.8 Å². The highest BCUT2D eigenvalue weighted by molar-refractivity contribution is 7.14. The highest BCUT2D eigenvalue weighted by Crippen LogP contribution is 2.35. The number of carbonyl (C=O) groups excluding carboxylic acids is 2. The minimum Gasteiger partial charge on any atom is -0.497 e. The second-order valence-electron chi connectivity index (χ2n) is 6.35. The van der Waals surface area contributed by atoms with E-state index in [1.54, 1.807) is 38.5 Å². The molecule has 0 fully saturated rings. The summed E-state index contributed by atoms with van der Waals surface area (Å²) in [6.45, 7) is 0. The Bertz CT molecular complexity index is 1080. The third kappa shape index (κ3) is 3.79. The number of nitrogens with zero attached hydrogens (tertiary/aromatic N) is 1. The second-order valence-corrected chi connectivity index (χ2v) is 7.21. The van der Waals surface area contributed by atoms with Crippen molar-refractivity contribution in [3.05, 3.63) is 59.0 Å². The van der Waals surface area contributed by atoms with Crippen molar-refractivity contribution >= 4 is 28.3 Å². The summed E-state index contributed by atoms with van der Waals surface area (Å²) in [6, 6.07) is 12.5. The number of benzene rings is 2. The molecule has 1 aliphatic heterocycles. The van der Waals surface area contributed by atoms with Crippen molar-refractivity contribution in [2.45, 2.75) is 12.5 Å². The monoisotopic (exact) mass is 410 g/mol. The van der Waals surface area contributed by atoms with Gasteiger partial charge in [0.1, 0.15) is 11.5 Å². The van der Waals surface area contributed by atoms with Crippen LogP contribution in [-0.2, 0) is 16.0 Å². The van der Waals surface area contributed by atoms with Gasteiger partial charge in [-0.05, 0) is 29.8 Å². The van der Waals surface area contributed by atoms with Gasteiger partial charge < -0.3 is 14.2 Å². The van der Waals surface area contributed by atoms with Crippen LogP contribution >= 0.6 is 11.3 Å². The van der Waals surface area contributed by atoms with E-state index in [0.29, 0.717) is 34.3 Å². The van der Waals surface area contributed by atoms with Crippen LogP contribution in [-0.4, -0.2) is 37.2 Å². The summed E-state index contributed by atoms with van der Waals surface area (Å²) < 4.78 is 16.0. The van der Waals surface area contributed by atoms with E-state index in [2.05, 4.69) is 10.3 Å². The van der Waals surface area contributed by atoms with Crippen LogP contribution < -0.4 is 14.8 Å². The number of hydrogen-bond acceptors (Lipinski definition) is 7. The van der Waals surface area contributed by atoms with Crippen LogP contribution in [0.25, 0.3) is 11.3 Å². The van der Waals surface area contributed by atoms with Crippen LogP contribution in [0.2, 0.25) is 0 Å². The lowest BCUT2D eigenvalue weighted by Crippen LogP contribution is -2.37. The van der Waals surface area contributed by atoms with Crippen LogP contribution in [0.15, 0.2) is 47.8 Å². The molecule has 0 aliphatic carbocycles. The average Bonchev–Trinajstić information content (AvgIpc) is 3.21. The van der Waals surface area contributed by atoms with E-state index >= 15 is 0 Å². The largest absolute Gasteiger partial charge is 0.497 e. The number of aromatic nitrogens is 1. The van der Waals surface area contributed by atoms with Crippen molar-refractivity contribution in [1.29, 1.82) is 0 Å². The molecule has 4 rings (SSSR count). The summed E-state index contributed by atoms with van der Waals surface area (Å²) in [5.74, 6) is 0.415. The van der Waals surface area contributed by atoms with E-state index in [0.717, 1.165) is 11.1 Å². The summed E-state index contributed by atoms with van der Waals surface area (Å²) in [5.41, 5.74) is 2.69. The number of anilines is 1. The predicted octanol–water partition coefficient (Wildman–Crippen LogP) is 3.55. The quantitative estimate of drug-likeness (QED) is 0.648. The maximum absolute atomic E-state index is 12.6. The number of ether oxygens (including phenoxy) is 3. The van der Waals surface area contributed by atoms with E-state index in [1.165, 1.54) is 11.3 Å². The molecular weight excluding hydrogens is 392 g/mol. The Kier molecular flexibility index (Phi) is 5.18. The fourth-order valence-corrected chi connectivity index (χ4v) is 3.85. The summed E-state index contributed by atoms with van der Waals surface area (Å²) in [7, 11) is 3.16. The molecular formula is C21H18N2O5S. The lowest BCUT2D eigenvalue weighted by atomic mass is 9.98. The molecule has 1 N–H and O–H groups in total. The zero-order valence-corrected chi connectivity index (χ0v) is 16.6. The molecule has 0 radical (unpaired) electrons. The molecule has 1 aliphatic rings. The van der Waals surface area contributed by atoms with E-state index in [4.69, 9.17) is 14.2 Å². The van der Waals surface area contributed by atoms with Crippen LogP contribution in [0.1, 0.15) is 15.9 Å². The molecule has 1 amide bonds. The van der Waals surface area contributed by atoms with Crippen molar-refractivity contribution in [2.75, 3.05) is 19.5 Å². The Morgan fingerprint density at radius 3 is 2.79 bits per heavy atom. The summed E-state index contributed by atoms with van der Waals surface area (Å²) in [6.07, 6.45) is -0.563. The smallest absolute Gasteiger partial charge is 0.339 e. The SMILES string of the molecule is COc1ccc(OC)c(-c2csc(NC(=O)[C@H]3Cc4ccccc4C(=O)O3)n2)c1. The number of cyclic esters (lactones) is 1. The van der Waals surface area contributed by atoms with Crippen LogP contribution in [0.4, 0.5) is 5.13 Å². The van der Waals surface area contributed by atoms with Gasteiger partial charge in [-0.3, -0.25) is 10.1 Å². The molecule has 3 aromatic rings. The van der Waals surface area contributed by atoms with Gasteiger partial charge in [0.25, 0.3) is 5.91 Å². The van der Waals surface area contributed by atoms with Gasteiger partial charge in [-0.1, -0.05) is 18.2 Å². The van der Waals surface area contributed by atoms with E-state index < -0.39 is 18.0 Å². The Labute approximate surface area is 171 Å². The average molecular weight is 410 g/mol. The summed E-state index contributed by atoms with van der Waals surface area (Å²) >= 11 is 1.28. The third-order valence-corrected chi connectivity index (χ3v) is 5.36. The molecule has 1 aromatic heterocycles. The Morgan fingerprint density at radius 1 is 1.17 bits per heavy atom. The van der Waals surface area contributed by atoms with E-state index in [-0.39, 0.29) is 0 Å². The number of nitrogens with one attached hydrogen (secondary N) is 1. The van der Waals surface area contributed by atoms with Crippen molar-refractivity contribution in [3.8, 4) is 22.8 Å². The van der Waals surface area contributed by atoms with Gasteiger partial charge >= 0.3 is 5.97 Å². The molecule has 0 spiro atoms. The lowest BCUT2D eigenvalue weighted by Gasteiger charge is -2.23. The van der Waals surface area contributed by atoms with E-state index in [9.17, 15) is 9.59 Å². The Hall–Kier alpha value is -3.39. The molecule has 0 unspecified atom stereocenters. The number of fused-ring (bicyclic) bond motifs is 1. The number of methoxy groups -OCH3 is 2. The van der Waals surface area contributed by atoms with Gasteiger partial charge in [-0.2, -0.15) is 0 Å². The van der Waals surface area contributed by atoms with Gasteiger partial charge in [0.2, 0.25) is 0 Å². The van der Waals surface area contributed by atoms with Crippen LogP contribution in [0.5, 0.6) is 11.5 Å². The normalized spacial score (nSPS) is 15.2. The molecule has 2 heterocycles. The molecule has 7 nitrogen and oxygen atoms in total. The van der Waals surface area contributed by atoms with E-state index in [1.807, 2.05) is 23.6 Å². The number of esters is 1. The van der Waals surface area contributed by atoms with Crippen molar-refractivity contribution in [1.82, 2.24) is 4.98 Å². The number of hydrogen-bond donors (Lipinski definition) is 1. The molecule has 0 bridgehead atoms. The molecule has 2 aromatic carbocycles. The van der Waals surface area contributed by atoms with Gasteiger partial charge in [0, 0.05) is 17.4 Å². The summed E-state index contributed by atoms with van der Waals surface area (Å²) in [5, 5.41) is 4.96. The fourth-order valence-electron chi connectivity index (χ4n) is 3.13. The zero-order chi connectivity index (χ0) is 20.4. The minimum absolute atomic E-state index is 0.329. The first kappa shape index (κ1) is 18.9. The molecule has 8 heteroatoms. The highest BCUT2D eigenvalue weighted by Gasteiger charge is 2.31. The Morgan fingerprint density at radius 2 is 2.00 bits per heavy atom. The maximum atomic E-state index is 12.6. The first-order valence-corrected chi connectivity index (χ1v) is 9.74. The molecule has 1 atom stereocenters. The van der Waals surface area contributed by atoms with Gasteiger partial charge in [-0.25, -0.2) is 9.78 Å². The van der Waals surface area contributed by atoms with Crippen molar-refractivity contribution in [2.24, 2.45) is 0 Å². The van der Waals surface area contributed by atoms with Crippen LogP contribution in [0.3, 0.4) is 0 Å². The second kappa shape index (κ2) is 7.92. The number of rotatable bonds is 5. The van der Waals surface area contributed by atoms with Crippen molar-refractivity contribution in [3.63, 3.8) is 0 Å². The molecule has 29 heavy (non-hydrogen) atoms. The standard InChI is InChI=1S/C21H18N2O5S/c1-26-13-7-8-17(27-2)15(10-13)16-11-29-21(22-16)23-19(24)18-9-12-5-3-4-6-14(12)20(25)28-18/h3-8,10-11,18H,9H2,1-2H3,(H,22,23,24)/t18-/m1/s1. The lowest BCUT2D eigenvalue weighted by molar-refractivity contribution is -0.125. The first-order chi connectivity index (χ1) is 14.1. The molecule has 0 saturated heterocycles. The predicted molar refractivity (Wildman–Crippen MR) is 109 cm³/mol. The van der Waals surface area contributed by atoms with Crippen LogP contribution in [0, 0.1) is 0 Å². The minimum atomic E-state index is -0.892. The maximum Gasteiger partial charge on any atom is 0.339 e. The first-order valence-electron chi connectivity index (χ1n) is 8.86. The molecule has 148 valence electrons. The zero-order valence-electron chi connectivity index (χ0n) is 15.8. The third-order valence-electron chi connectivity index (χ3n) is 4.60. The van der Waals surface area contributed by atoms with Gasteiger partial charge in [0.15, 0.2) is 11.2 Å². The number of thiazole rings is 1. The van der Waals surface area contributed by atoms with Crippen molar-refractivity contribution < 1.29 is 23.8 Å². The number of amides is 1.